The van der Waals surface area contributed by atoms with Crippen molar-refractivity contribution in [3.05, 3.63) is 76.6 Å². The average Bonchev–Trinajstić information content (AvgIpc) is 3.62. The quantitative estimate of drug-likeness (QED) is 0.228. The van der Waals surface area contributed by atoms with Crippen LogP contribution in [0, 0.1) is 13.8 Å². The van der Waals surface area contributed by atoms with E-state index in [1.54, 1.807) is 25.4 Å². The molecule has 14 heteroatoms. The van der Waals surface area contributed by atoms with Gasteiger partial charge in [-0.15, -0.1) is 21.5 Å². The van der Waals surface area contributed by atoms with E-state index < -0.39 is 10.0 Å². The Kier molecular flexibility index (Phi) is 9.91. The van der Waals surface area contributed by atoms with E-state index in [4.69, 9.17) is 0 Å². The van der Waals surface area contributed by atoms with Crippen LogP contribution >= 0.6 is 23.1 Å². The Morgan fingerprint density at radius 1 is 1.05 bits per heavy atom. The molecule has 0 fully saturated rings. The van der Waals surface area contributed by atoms with Gasteiger partial charge in [0.25, 0.3) is 5.91 Å². The number of amides is 2. The van der Waals surface area contributed by atoms with Crippen LogP contribution in [0.1, 0.15) is 41.2 Å². The molecule has 11 nitrogen and oxygen atoms in total. The number of thioether (sulfide) groups is 1. The minimum Gasteiger partial charge on any atom is -0.345 e. The molecule has 0 bridgehead atoms. The maximum absolute atomic E-state index is 13.0. The number of hydrogen-bond donors (Lipinski definition) is 2. The molecule has 2 aromatic heterocycles. The third-order valence-corrected chi connectivity index (χ3v) is 9.87. The molecule has 0 saturated heterocycles. The Labute approximate surface area is 247 Å². The van der Waals surface area contributed by atoms with Gasteiger partial charge in [0.05, 0.1) is 22.9 Å². The molecule has 2 heterocycles. The monoisotopic (exact) mass is 613 g/mol. The average molecular weight is 614 g/mol. The number of carbonyl (C=O) groups is 2. The first kappa shape index (κ1) is 30.4. The van der Waals surface area contributed by atoms with E-state index in [0.717, 1.165) is 16.8 Å². The Hall–Kier alpha value is -3.59. The van der Waals surface area contributed by atoms with Crippen LogP contribution in [0.3, 0.4) is 0 Å². The molecule has 0 saturated carbocycles. The fraction of sp³-hybridized carbons (Fsp3) is 0.296. The molecular weight excluding hydrogens is 583 g/mol. The molecule has 4 rings (SSSR count). The van der Waals surface area contributed by atoms with Crippen molar-refractivity contribution in [2.24, 2.45) is 0 Å². The van der Waals surface area contributed by atoms with Crippen molar-refractivity contribution in [3.8, 4) is 5.69 Å². The number of thiazole rings is 1. The fourth-order valence-corrected chi connectivity index (χ4v) is 6.80. The maximum Gasteiger partial charge on any atom is 0.251 e. The van der Waals surface area contributed by atoms with Gasteiger partial charge in [0.15, 0.2) is 16.1 Å². The lowest BCUT2D eigenvalue weighted by atomic mass is 10.1. The molecule has 0 spiro atoms. The van der Waals surface area contributed by atoms with Gasteiger partial charge in [-0.05, 0) is 55.3 Å². The Balaban J connectivity index is 1.52. The summed E-state index contributed by atoms with van der Waals surface area (Å²) in [5.41, 5.74) is 3.16. The van der Waals surface area contributed by atoms with Crippen LogP contribution in [0.15, 0.2) is 64.1 Å². The maximum atomic E-state index is 13.0. The standard InChI is InChI=1S/C27H31N7O4S3/c1-5-33(6-2)41(37,38)21-11-9-20(10-12-21)25(36)29-16-23-31-32-27(34(23)22-15-18(3)7-8-19(22)4)40-17-24(35)30-26-28-13-14-39-26/h7-15H,5-6,16-17H2,1-4H3,(H,29,36)(H,28,30,35). The van der Waals surface area contributed by atoms with E-state index in [1.807, 2.05) is 36.6 Å². The van der Waals surface area contributed by atoms with Crippen LogP contribution in [0.4, 0.5) is 5.13 Å². The van der Waals surface area contributed by atoms with E-state index in [9.17, 15) is 18.0 Å². The molecule has 0 aliphatic rings. The first-order chi connectivity index (χ1) is 19.6. The van der Waals surface area contributed by atoms with Crippen LogP contribution in [0.5, 0.6) is 0 Å². The minimum absolute atomic E-state index is 0.0601. The highest BCUT2D eigenvalue weighted by Gasteiger charge is 2.22. The number of nitrogens with one attached hydrogen (secondary N) is 2. The molecule has 0 radical (unpaired) electrons. The molecule has 0 aliphatic carbocycles. The number of benzene rings is 2. The highest BCUT2D eigenvalue weighted by Crippen LogP contribution is 2.26. The largest absolute Gasteiger partial charge is 0.345 e. The van der Waals surface area contributed by atoms with Crippen molar-refractivity contribution >= 4 is 50.1 Å². The molecule has 0 aliphatic heterocycles. The fourth-order valence-electron chi connectivity index (χ4n) is 4.03. The molecule has 216 valence electrons. The molecule has 2 amide bonds. The second-order valence-electron chi connectivity index (χ2n) is 8.99. The van der Waals surface area contributed by atoms with Gasteiger partial charge < -0.3 is 10.6 Å². The van der Waals surface area contributed by atoms with Crippen molar-refractivity contribution in [1.82, 2.24) is 29.4 Å². The topological polar surface area (TPSA) is 139 Å². The summed E-state index contributed by atoms with van der Waals surface area (Å²) in [7, 11) is -3.62. The van der Waals surface area contributed by atoms with Crippen molar-refractivity contribution in [3.63, 3.8) is 0 Å². The Morgan fingerprint density at radius 2 is 1.78 bits per heavy atom. The van der Waals surface area contributed by atoms with Crippen LogP contribution in [0.25, 0.3) is 5.69 Å². The number of anilines is 1. The van der Waals surface area contributed by atoms with Crippen LogP contribution in [0.2, 0.25) is 0 Å². The van der Waals surface area contributed by atoms with Crippen LogP contribution in [-0.4, -0.2) is 63.1 Å². The van der Waals surface area contributed by atoms with Gasteiger partial charge in [-0.1, -0.05) is 37.7 Å². The second kappa shape index (κ2) is 13.4. The number of rotatable bonds is 12. The van der Waals surface area contributed by atoms with Crippen molar-refractivity contribution < 1.29 is 18.0 Å². The summed E-state index contributed by atoms with van der Waals surface area (Å²) in [5, 5.41) is 17.0. The molecule has 2 aromatic carbocycles. The summed E-state index contributed by atoms with van der Waals surface area (Å²) < 4.78 is 28.7. The lowest BCUT2D eigenvalue weighted by Gasteiger charge is -2.18. The number of nitrogens with zero attached hydrogens (tertiary/aromatic N) is 5. The van der Waals surface area contributed by atoms with Crippen LogP contribution < -0.4 is 10.6 Å². The third-order valence-electron chi connectivity index (χ3n) is 6.18. The second-order valence-corrected chi connectivity index (χ2v) is 12.8. The van der Waals surface area contributed by atoms with Gasteiger partial charge in [0, 0.05) is 30.2 Å². The van der Waals surface area contributed by atoms with E-state index in [0.29, 0.717) is 34.8 Å². The Bertz CT molecular complexity index is 1620. The normalized spacial score (nSPS) is 11.5. The summed E-state index contributed by atoms with van der Waals surface area (Å²) in [5.74, 6) is -0.0285. The van der Waals surface area contributed by atoms with Gasteiger partial charge in [0.1, 0.15) is 0 Å². The highest BCUT2D eigenvalue weighted by molar-refractivity contribution is 7.99. The van der Waals surface area contributed by atoms with E-state index in [2.05, 4.69) is 25.8 Å². The molecule has 4 aromatic rings. The predicted molar refractivity (Wildman–Crippen MR) is 160 cm³/mol. The number of sulfonamides is 1. The minimum atomic E-state index is -3.62. The van der Waals surface area contributed by atoms with Gasteiger partial charge in [-0.2, -0.15) is 4.31 Å². The number of carbonyl (C=O) groups excluding carboxylic acids is 2. The summed E-state index contributed by atoms with van der Waals surface area (Å²) >= 11 is 2.56. The summed E-state index contributed by atoms with van der Waals surface area (Å²) in [4.78, 5) is 29.6. The number of aryl methyl sites for hydroxylation is 2. The molecule has 41 heavy (non-hydrogen) atoms. The molecule has 2 N–H and O–H groups in total. The number of hydrogen-bond acceptors (Lipinski definition) is 9. The smallest absolute Gasteiger partial charge is 0.251 e. The predicted octanol–water partition coefficient (Wildman–Crippen LogP) is 4.03. The van der Waals surface area contributed by atoms with E-state index in [-0.39, 0.29) is 29.0 Å². The van der Waals surface area contributed by atoms with Gasteiger partial charge in [-0.3, -0.25) is 14.2 Å². The Morgan fingerprint density at radius 3 is 2.44 bits per heavy atom. The van der Waals surface area contributed by atoms with E-state index >= 15 is 0 Å². The van der Waals surface area contributed by atoms with Crippen molar-refractivity contribution in [1.29, 1.82) is 0 Å². The van der Waals surface area contributed by atoms with Crippen molar-refractivity contribution in [2.45, 2.75) is 44.3 Å². The number of aromatic nitrogens is 4. The third kappa shape index (κ3) is 7.19. The molecular formula is C27H31N7O4S3. The van der Waals surface area contributed by atoms with Crippen molar-refractivity contribution in [2.75, 3.05) is 24.2 Å². The van der Waals surface area contributed by atoms with Crippen LogP contribution in [-0.2, 0) is 21.4 Å². The summed E-state index contributed by atoms with van der Waals surface area (Å²) in [6, 6.07) is 11.8. The SMILES string of the molecule is CCN(CC)S(=O)(=O)c1ccc(C(=O)NCc2nnc(SCC(=O)Nc3nccs3)n2-c2cc(C)ccc2C)cc1. The van der Waals surface area contributed by atoms with E-state index in [1.165, 1.54) is 51.7 Å². The zero-order valence-electron chi connectivity index (χ0n) is 23.1. The highest BCUT2D eigenvalue weighted by atomic mass is 32.2. The zero-order valence-corrected chi connectivity index (χ0v) is 25.6. The van der Waals surface area contributed by atoms with Gasteiger partial charge in [-0.25, -0.2) is 13.4 Å². The molecule has 0 unspecified atom stereocenters. The summed E-state index contributed by atoms with van der Waals surface area (Å²) in [6.45, 7) is 8.28. The van der Waals surface area contributed by atoms with Gasteiger partial charge >= 0.3 is 0 Å². The first-order valence-electron chi connectivity index (χ1n) is 12.9. The lowest BCUT2D eigenvalue weighted by molar-refractivity contribution is -0.113. The lowest BCUT2D eigenvalue weighted by Crippen LogP contribution is -2.30. The first-order valence-corrected chi connectivity index (χ1v) is 16.2. The van der Waals surface area contributed by atoms with Gasteiger partial charge in [0.2, 0.25) is 15.9 Å². The zero-order chi connectivity index (χ0) is 29.6. The molecule has 0 atom stereocenters. The summed E-state index contributed by atoms with van der Waals surface area (Å²) in [6.07, 6.45) is 1.62.